The lowest BCUT2D eigenvalue weighted by molar-refractivity contribution is -0.322. The highest BCUT2D eigenvalue weighted by Crippen LogP contribution is 2.24. The van der Waals surface area contributed by atoms with Gasteiger partial charge in [-0.15, -0.1) is 0 Å². The van der Waals surface area contributed by atoms with E-state index in [1.54, 1.807) is 0 Å². The van der Waals surface area contributed by atoms with Gasteiger partial charge in [-0.1, -0.05) is 0 Å². The molecule has 0 aromatic carbocycles. The Morgan fingerprint density at radius 1 is 0.727 bits per heavy atom. The van der Waals surface area contributed by atoms with Crippen molar-refractivity contribution in [3.05, 3.63) is 0 Å². The van der Waals surface area contributed by atoms with Crippen LogP contribution in [0.4, 0.5) is 0 Å². The third kappa shape index (κ3) is 3.41. The molecule has 0 spiro atoms. The van der Waals surface area contributed by atoms with Crippen molar-refractivity contribution < 1.29 is 50.0 Å². The van der Waals surface area contributed by atoms with E-state index in [2.05, 4.69) is 0 Å². The summed E-state index contributed by atoms with van der Waals surface area (Å²) in [6.45, 7) is 1.09. The third-order valence-corrected chi connectivity index (χ3v) is 3.92. The molecule has 0 amide bonds. The molecule has 22 heavy (non-hydrogen) atoms. The molecular weight excluding hydrogens is 304 g/mol. The van der Waals surface area contributed by atoms with E-state index < -0.39 is 61.4 Å². The summed E-state index contributed by atoms with van der Waals surface area (Å²) in [5, 5.41) is 67.0. The Bertz CT molecular complexity index is 334. The van der Waals surface area contributed by atoms with Gasteiger partial charge in [0.15, 0.2) is 12.6 Å². The summed E-state index contributed by atoms with van der Waals surface area (Å²) in [6.07, 6.45) is -14.0. The van der Waals surface area contributed by atoms with Crippen molar-refractivity contribution in [2.45, 2.75) is 68.3 Å². The zero-order chi connectivity index (χ0) is 16.6. The standard InChI is InChI=1S/C12H22O10/c1-3-5(13)7(15)10(18)12(21-3)20-2-4-6(14)8(16)9(17)11(19)22-4/h3-19H,2H2,1H3. The molecule has 0 aromatic heterocycles. The average Bonchev–Trinajstić information content (AvgIpc) is 2.49. The van der Waals surface area contributed by atoms with Crippen LogP contribution in [0.5, 0.6) is 0 Å². The van der Waals surface area contributed by atoms with Gasteiger partial charge in [0.25, 0.3) is 0 Å². The molecule has 0 aromatic rings. The summed E-state index contributed by atoms with van der Waals surface area (Å²) >= 11 is 0. The first kappa shape index (κ1) is 17.9. The predicted octanol–water partition coefficient (Wildman–Crippen LogP) is -4.37. The van der Waals surface area contributed by atoms with Gasteiger partial charge in [-0.3, -0.25) is 0 Å². The summed E-state index contributed by atoms with van der Waals surface area (Å²) < 4.78 is 15.3. The van der Waals surface area contributed by atoms with Crippen molar-refractivity contribution in [3.8, 4) is 0 Å². The molecular formula is C12H22O10. The van der Waals surface area contributed by atoms with Crippen molar-refractivity contribution in [1.82, 2.24) is 0 Å². The highest BCUT2D eigenvalue weighted by Gasteiger charge is 2.45. The van der Waals surface area contributed by atoms with E-state index in [0.29, 0.717) is 0 Å². The molecule has 0 bridgehead atoms. The first-order valence-electron chi connectivity index (χ1n) is 6.93. The van der Waals surface area contributed by atoms with E-state index in [1.165, 1.54) is 6.92 Å². The topological polar surface area (TPSA) is 169 Å². The Labute approximate surface area is 126 Å². The lowest BCUT2D eigenvalue weighted by atomic mass is 9.99. The molecule has 2 rings (SSSR count). The zero-order valence-corrected chi connectivity index (χ0v) is 11.8. The molecule has 2 saturated heterocycles. The maximum atomic E-state index is 9.76. The largest absolute Gasteiger partial charge is 0.388 e. The molecule has 130 valence electrons. The molecule has 2 aliphatic rings. The van der Waals surface area contributed by atoms with Crippen LogP contribution < -0.4 is 0 Å². The van der Waals surface area contributed by atoms with Crippen molar-refractivity contribution >= 4 is 0 Å². The van der Waals surface area contributed by atoms with Crippen LogP contribution in [0.3, 0.4) is 0 Å². The molecule has 0 radical (unpaired) electrons. The molecule has 10 atom stereocenters. The Hall–Kier alpha value is -0.400. The smallest absolute Gasteiger partial charge is 0.186 e. The summed E-state index contributed by atoms with van der Waals surface area (Å²) in [5.74, 6) is 0. The molecule has 10 unspecified atom stereocenters. The molecule has 0 saturated carbocycles. The number of ether oxygens (including phenoxy) is 3. The van der Waals surface area contributed by atoms with Crippen molar-refractivity contribution in [2.24, 2.45) is 0 Å². The van der Waals surface area contributed by atoms with E-state index in [9.17, 15) is 35.7 Å². The van der Waals surface area contributed by atoms with Gasteiger partial charge in [-0.05, 0) is 6.92 Å². The quantitative estimate of drug-likeness (QED) is 0.269. The van der Waals surface area contributed by atoms with Crippen LogP contribution in [-0.4, -0.2) is 104 Å². The number of aliphatic hydroxyl groups is 7. The molecule has 7 N–H and O–H groups in total. The molecule has 10 heteroatoms. The molecule has 10 nitrogen and oxygen atoms in total. The van der Waals surface area contributed by atoms with Gasteiger partial charge in [0.1, 0.15) is 42.7 Å². The zero-order valence-electron chi connectivity index (χ0n) is 11.8. The molecule has 2 aliphatic heterocycles. The Balaban J connectivity index is 1.92. The highest BCUT2D eigenvalue weighted by atomic mass is 16.7. The van der Waals surface area contributed by atoms with Crippen molar-refractivity contribution in [3.63, 3.8) is 0 Å². The second kappa shape index (κ2) is 7.01. The Kier molecular flexibility index (Phi) is 5.72. The van der Waals surface area contributed by atoms with Crippen LogP contribution in [0, 0.1) is 0 Å². The molecule has 2 heterocycles. The van der Waals surface area contributed by atoms with Crippen LogP contribution in [0.25, 0.3) is 0 Å². The minimum absolute atomic E-state index is 0.390. The first-order chi connectivity index (χ1) is 10.2. The van der Waals surface area contributed by atoms with E-state index in [-0.39, 0.29) is 6.61 Å². The summed E-state index contributed by atoms with van der Waals surface area (Å²) in [7, 11) is 0. The van der Waals surface area contributed by atoms with Gasteiger partial charge in [0.05, 0.1) is 12.7 Å². The average molecular weight is 326 g/mol. The minimum atomic E-state index is -1.70. The van der Waals surface area contributed by atoms with Crippen LogP contribution in [0.1, 0.15) is 6.92 Å². The SMILES string of the molecule is CC1OC(OCC2OC(O)C(O)C(O)C2O)C(O)C(O)C1O. The van der Waals surface area contributed by atoms with E-state index in [0.717, 1.165) is 0 Å². The van der Waals surface area contributed by atoms with Crippen LogP contribution in [-0.2, 0) is 14.2 Å². The maximum absolute atomic E-state index is 9.76. The second-order valence-corrected chi connectivity index (χ2v) is 5.55. The van der Waals surface area contributed by atoms with Crippen LogP contribution in [0.15, 0.2) is 0 Å². The number of aliphatic hydroxyl groups excluding tert-OH is 7. The molecule has 2 fully saturated rings. The van der Waals surface area contributed by atoms with Gasteiger partial charge in [0, 0.05) is 0 Å². The Morgan fingerprint density at radius 2 is 1.32 bits per heavy atom. The fraction of sp³-hybridized carbons (Fsp3) is 1.00. The Morgan fingerprint density at radius 3 is 1.95 bits per heavy atom. The van der Waals surface area contributed by atoms with Crippen molar-refractivity contribution in [2.75, 3.05) is 6.61 Å². The second-order valence-electron chi connectivity index (χ2n) is 5.55. The van der Waals surface area contributed by atoms with Gasteiger partial charge in [0.2, 0.25) is 0 Å². The van der Waals surface area contributed by atoms with E-state index >= 15 is 0 Å². The van der Waals surface area contributed by atoms with E-state index in [1.807, 2.05) is 0 Å². The first-order valence-corrected chi connectivity index (χ1v) is 6.93. The van der Waals surface area contributed by atoms with Gasteiger partial charge >= 0.3 is 0 Å². The van der Waals surface area contributed by atoms with Gasteiger partial charge in [-0.2, -0.15) is 0 Å². The van der Waals surface area contributed by atoms with E-state index in [4.69, 9.17) is 14.2 Å². The number of hydrogen-bond acceptors (Lipinski definition) is 10. The normalized spacial score (nSPS) is 53.5. The monoisotopic (exact) mass is 326 g/mol. The van der Waals surface area contributed by atoms with Crippen LogP contribution >= 0.6 is 0 Å². The fourth-order valence-electron chi connectivity index (χ4n) is 2.41. The predicted molar refractivity (Wildman–Crippen MR) is 67.2 cm³/mol. The van der Waals surface area contributed by atoms with Crippen LogP contribution in [0.2, 0.25) is 0 Å². The number of rotatable bonds is 3. The highest BCUT2D eigenvalue weighted by molar-refractivity contribution is 4.90. The number of hydrogen-bond donors (Lipinski definition) is 7. The lowest BCUT2D eigenvalue weighted by Gasteiger charge is -2.41. The summed E-state index contributed by atoms with van der Waals surface area (Å²) in [4.78, 5) is 0. The maximum Gasteiger partial charge on any atom is 0.186 e. The summed E-state index contributed by atoms with van der Waals surface area (Å²) in [5.41, 5.74) is 0. The van der Waals surface area contributed by atoms with Crippen molar-refractivity contribution in [1.29, 1.82) is 0 Å². The van der Waals surface area contributed by atoms with Gasteiger partial charge in [-0.25, -0.2) is 0 Å². The minimum Gasteiger partial charge on any atom is -0.388 e. The fourth-order valence-corrected chi connectivity index (χ4v) is 2.41. The molecule has 0 aliphatic carbocycles. The van der Waals surface area contributed by atoms with Gasteiger partial charge < -0.3 is 50.0 Å². The summed E-state index contributed by atoms with van der Waals surface area (Å²) in [6, 6.07) is 0. The lowest BCUT2D eigenvalue weighted by Crippen LogP contribution is -2.60. The third-order valence-electron chi connectivity index (χ3n) is 3.92.